The van der Waals surface area contributed by atoms with Crippen LogP contribution in [0.3, 0.4) is 0 Å². The Morgan fingerprint density at radius 2 is 1.75 bits per heavy atom. The molecular formula is C14H29NSi. The summed E-state index contributed by atoms with van der Waals surface area (Å²) in [5.41, 5.74) is 2.39. The predicted molar refractivity (Wildman–Crippen MR) is 76.6 cm³/mol. The van der Waals surface area contributed by atoms with Crippen LogP contribution in [0.25, 0.3) is 0 Å². The van der Waals surface area contributed by atoms with Crippen molar-refractivity contribution >= 4 is 8.07 Å². The summed E-state index contributed by atoms with van der Waals surface area (Å²) in [6.07, 6.45) is 5.54. The highest BCUT2D eigenvalue weighted by Gasteiger charge is 2.27. The van der Waals surface area contributed by atoms with Gasteiger partial charge in [-0.15, -0.1) is 12.3 Å². The third kappa shape index (κ3) is 4.06. The molecule has 0 spiro atoms. The van der Waals surface area contributed by atoms with E-state index in [0.29, 0.717) is 0 Å². The molecule has 1 saturated heterocycles. The van der Waals surface area contributed by atoms with Gasteiger partial charge < -0.3 is 4.90 Å². The maximum absolute atomic E-state index is 4.15. The van der Waals surface area contributed by atoms with Crippen molar-refractivity contribution < 1.29 is 0 Å². The first-order chi connectivity index (χ1) is 7.76. The van der Waals surface area contributed by atoms with Crippen LogP contribution < -0.4 is 0 Å². The minimum Gasteiger partial charge on any atom is -0.303 e. The number of likely N-dealkylation sites (tertiary alicyclic amines) is 1. The third-order valence-electron chi connectivity index (χ3n) is 4.03. The summed E-state index contributed by atoms with van der Waals surface area (Å²) >= 11 is 0. The lowest BCUT2D eigenvalue weighted by atomic mass is 10.2. The first kappa shape index (κ1) is 14.0. The standard InChI is InChI=1S/C14H29NSi/c1-4-12-16(6-3,13-5-2)14-8-11-15-9-7-10-15/h6H,3-5,7-14H2,1-2H3. The van der Waals surface area contributed by atoms with Crippen LogP contribution in [0, 0.1) is 0 Å². The average molecular weight is 239 g/mol. The Bertz CT molecular complexity index is 193. The Labute approximate surface area is 103 Å². The molecule has 1 rings (SSSR count). The summed E-state index contributed by atoms with van der Waals surface area (Å²) in [5.74, 6) is 0. The zero-order chi connectivity index (χ0) is 11.9. The predicted octanol–water partition coefficient (Wildman–Crippen LogP) is 4.08. The molecule has 0 bridgehead atoms. The van der Waals surface area contributed by atoms with Crippen molar-refractivity contribution in [2.24, 2.45) is 0 Å². The fourth-order valence-electron chi connectivity index (χ4n) is 2.94. The molecule has 0 aliphatic carbocycles. The van der Waals surface area contributed by atoms with Crippen molar-refractivity contribution in [1.29, 1.82) is 0 Å². The zero-order valence-electron chi connectivity index (χ0n) is 11.3. The molecule has 0 unspecified atom stereocenters. The van der Waals surface area contributed by atoms with Crippen LogP contribution in [0.5, 0.6) is 0 Å². The van der Waals surface area contributed by atoms with Crippen molar-refractivity contribution in [2.45, 2.75) is 57.7 Å². The van der Waals surface area contributed by atoms with Gasteiger partial charge in [-0.3, -0.25) is 0 Å². The molecule has 94 valence electrons. The smallest absolute Gasteiger partial charge is 0.0770 e. The molecule has 0 atom stereocenters. The molecule has 0 N–H and O–H groups in total. The summed E-state index contributed by atoms with van der Waals surface area (Å²) in [6.45, 7) is 12.9. The van der Waals surface area contributed by atoms with Crippen LogP contribution in [0.2, 0.25) is 18.1 Å². The summed E-state index contributed by atoms with van der Waals surface area (Å²) in [7, 11) is -1.09. The van der Waals surface area contributed by atoms with Gasteiger partial charge in [0.1, 0.15) is 0 Å². The van der Waals surface area contributed by atoms with Gasteiger partial charge in [0.2, 0.25) is 0 Å². The zero-order valence-corrected chi connectivity index (χ0v) is 12.3. The van der Waals surface area contributed by atoms with E-state index < -0.39 is 8.07 Å². The summed E-state index contributed by atoms with van der Waals surface area (Å²) < 4.78 is 0. The van der Waals surface area contributed by atoms with Gasteiger partial charge in [0.05, 0.1) is 8.07 Å². The fourth-order valence-corrected chi connectivity index (χ4v) is 7.15. The monoisotopic (exact) mass is 239 g/mol. The SMILES string of the molecule is C=C[Si](CCC)(CCC)CCCN1CCC1. The lowest BCUT2D eigenvalue weighted by Gasteiger charge is -2.33. The van der Waals surface area contributed by atoms with Gasteiger partial charge in [-0.05, 0) is 32.5 Å². The lowest BCUT2D eigenvalue weighted by molar-refractivity contribution is 0.182. The molecule has 1 aliphatic rings. The minimum atomic E-state index is -1.09. The molecule has 0 saturated carbocycles. The molecule has 1 heterocycles. The second-order valence-electron chi connectivity index (χ2n) is 5.37. The van der Waals surface area contributed by atoms with Gasteiger partial charge in [0.25, 0.3) is 0 Å². The van der Waals surface area contributed by atoms with E-state index in [1.807, 2.05) is 0 Å². The van der Waals surface area contributed by atoms with Gasteiger partial charge in [0.15, 0.2) is 0 Å². The number of hydrogen-bond acceptors (Lipinski definition) is 1. The van der Waals surface area contributed by atoms with Gasteiger partial charge in [-0.2, -0.15) is 0 Å². The molecule has 1 nitrogen and oxygen atoms in total. The highest BCUT2D eigenvalue weighted by Crippen LogP contribution is 2.27. The Hall–Kier alpha value is -0.0831. The fraction of sp³-hybridized carbons (Fsp3) is 0.857. The minimum absolute atomic E-state index is 1.09. The lowest BCUT2D eigenvalue weighted by Crippen LogP contribution is -2.39. The van der Waals surface area contributed by atoms with Gasteiger partial charge in [-0.1, -0.05) is 44.8 Å². The highest BCUT2D eigenvalue weighted by molar-refractivity contribution is 6.84. The van der Waals surface area contributed by atoms with Crippen molar-refractivity contribution in [3.63, 3.8) is 0 Å². The molecular weight excluding hydrogens is 210 g/mol. The molecule has 0 aromatic carbocycles. The van der Waals surface area contributed by atoms with E-state index in [0.717, 1.165) is 0 Å². The molecule has 0 aromatic heterocycles. The van der Waals surface area contributed by atoms with Crippen LogP contribution in [0.1, 0.15) is 39.5 Å². The first-order valence-electron chi connectivity index (χ1n) is 7.12. The Morgan fingerprint density at radius 3 is 2.12 bits per heavy atom. The molecule has 0 aromatic rings. The average Bonchev–Trinajstić information content (AvgIpc) is 2.22. The normalized spacial score (nSPS) is 17.1. The maximum atomic E-state index is 4.15. The molecule has 1 aliphatic heterocycles. The summed E-state index contributed by atoms with van der Waals surface area (Å²) in [6, 6.07) is 4.41. The van der Waals surface area contributed by atoms with Crippen LogP contribution in [0.15, 0.2) is 12.3 Å². The van der Waals surface area contributed by atoms with E-state index in [-0.39, 0.29) is 0 Å². The van der Waals surface area contributed by atoms with E-state index >= 15 is 0 Å². The van der Waals surface area contributed by atoms with Crippen LogP contribution in [-0.2, 0) is 0 Å². The second-order valence-corrected chi connectivity index (χ2v) is 10.00. The van der Waals surface area contributed by atoms with Crippen molar-refractivity contribution in [1.82, 2.24) is 4.90 Å². The second kappa shape index (κ2) is 7.28. The summed E-state index contributed by atoms with van der Waals surface area (Å²) in [4.78, 5) is 2.60. The molecule has 0 radical (unpaired) electrons. The van der Waals surface area contributed by atoms with E-state index in [1.165, 1.54) is 63.4 Å². The van der Waals surface area contributed by atoms with Crippen molar-refractivity contribution in [3.8, 4) is 0 Å². The Balaban J connectivity index is 2.31. The van der Waals surface area contributed by atoms with Crippen molar-refractivity contribution in [3.05, 3.63) is 12.3 Å². The van der Waals surface area contributed by atoms with Crippen molar-refractivity contribution in [2.75, 3.05) is 19.6 Å². The van der Waals surface area contributed by atoms with E-state index in [2.05, 4.69) is 31.0 Å². The molecule has 1 fully saturated rings. The molecule has 2 heteroatoms. The maximum Gasteiger partial charge on any atom is 0.0770 e. The first-order valence-corrected chi connectivity index (χ1v) is 9.82. The van der Waals surface area contributed by atoms with Crippen LogP contribution in [0.4, 0.5) is 0 Å². The number of rotatable bonds is 9. The topological polar surface area (TPSA) is 3.24 Å². The quantitative estimate of drug-likeness (QED) is 0.548. The van der Waals surface area contributed by atoms with E-state index in [1.54, 1.807) is 0 Å². The van der Waals surface area contributed by atoms with Gasteiger partial charge in [0, 0.05) is 0 Å². The highest BCUT2D eigenvalue weighted by atomic mass is 28.3. The van der Waals surface area contributed by atoms with E-state index in [4.69, 9.17) is 0 Å². The van der Waals surface area contributed by atoms with Gasteiger partial charge >= 0.3 is 0 Å². The number of nitrogens with zero attached hydrogens (tertiary/aromatic N) is 1. The molecule has 0 amide bonds. The third-order valence-corrected chi connectivity index (χ3v) is 9.23. The van der Waals surface area contributed by atoms with Crippen LogP contribution in [-0.4, -0.2) is 32.6 Å². The Kier molecular flexibility index (Phi) is 6.36. The molecule has 16 heavy (non-hydrogen) atoms. The number of hydrogen-bond donors (Lipinski definition) is 0. The summed E-state index contributed by atoms with van der Waals surface area (Å²) in [5, 5.41) is 0. The largest absolute Gasteiger partial charge is 0.303 e. The van der Waals surface area contributed by atoms with Gasteiger partial charge in [-0.25, -0.2) is 0 Å². The Morgan fingerprint density at radius 1 is 1.12 bits per heavy atom. The van der Waals surface area contributed by atoms with E-state index in [9.17, 15) is 0 Å². The van der Waals surface area contributed by atoms with Crippen LogP contribution >= 0.6 is 0 Å².